The van der Waals surface area contributed by atoms with Crippen LogP contribution in [0.2, 0.25) is 0 Å². The summed E-state index contributed by atoms with van der Waals surface area (Å²) >= 11 is 0. The molecule has 0 aliphatic carbocycles. The molecule has 0 atom stereocenters. The Morgan fingerprint density at radius 1 is 1.18 bits per heavy atom. The molecule has 0 spiro atoms. The number of ether oxygens (including phenoxy) is 1. The number of nitrogens with one attached hydrogen (secondary N) is 1. The number of hydrogen-bond acceptors (Lipinski definition) is 4. The Morgan fingerprint density at radius 2 is 1.88 bits per heavy atom. The Labute approximate surface area is 102 Å². The Balaban J connectivity index is 1.73. The molecule has 0 bridgehead atoms. The topological polar surface area (TPSA) is 44.8 Å². The van der Waals surface area contributed by atoms with Crippen LogP contribution in [0.5, 0.6) is 0 Å². The lowest BCUT2D eigenvalue weighted by molar-refractivity contribution is -0.129. The summed E-state index contributed by atoms with van der Waals surface area (Å²) in [5.74, 6) is 5.62. The first-order chi connectivity index (χ1) is 8.36. The van der Waals surface area contributed by atoms with Gasteiger partial charge in [-0.25, -0.2) is 0 Å². The highest BCUT2D eigenvalue weighted by Gasteiger charge is 2.14. The van der Waals surface area contributed by atoms with Crippen molar-refractivity contribution in [3.05, 3.63) is 0 Å². The van der Waals surface area contributed by atoms with Gasteiger partial charge in [-0.05, 0) is 5.92 Å². The van der Waals surface area contributed by atoms with Crippen LogP contribution in [-0.4, -0.2) is 74.7 Å². The van der Waals surface area contributed by atoms with Gasteiger partial charge in [-0.2, -0.15) is 0 Å². The highest BCUT2D eigenvalue weighted by Crippen LogP contribution is 1.96. The van der Waals surface area contributed by atoms with E-state index in [1.807, 2.05) is 0 Å². The van der Waals surface area contributed by atoms with E-state index < -0.39 is 0 Å². The van der Waals surface area contributed by atoms with E-state index in [0.717, 1.165) is 26.2 Å². The van der Waals surface area contributed by atoms with Gasteiger partial charge in [-0.15, -0.1) is 0 Å². The summed E-state index contributed by atoms with van der Waals surface area (Å²) in [6, 6.07) is 0. The lowest BCUT2D eigenvalue weighted by Crippen LogP contribution is -2.43. The van der Waals surface area contributed by atoms with Crippen molar-refractivity contribution in [1.29, 1.82) is 0 Å². The van der Waals surface area contributed by atoms with E-state index in [1.54, 1.807) is 4.90 Å². The zero-order chi connectivity index (χ0) is 11.9. The molecule has 2 saturated heterocycles. The SMILES string of the molecule is O=C(C#CCN1CCNCC1)N1CCOCC1. The van der Waals surface area contributed by atoms with Crippen molar-refractivity contribution in [2.45, 2.75) is 0 Å². The third-order valence-corrected chi connectivity index (χ3v) is 3.01. The van der Waals surface area contributed by atoms with Crippen molar-refractivity contribution in [2.75, 3.05) is 59.0 Å². The number of piperazine rings is 1. The fraction of sp³-hybridized carbons (Fsp3) is 0.750. The second kappa shape index (κ2) is 6.60. The molecular weight excluding hydrogens is 218 g/mol. The van der Waals surface area contributed by atoms with E-state index >= 15 is 0 Å². The molecule has 0 radical (unpaired) electrons. The fourth-order valence-electron chi connectivity index (χ4n) is 1.94. The van der Waals surface area contributed by atoms with Gasteiger partial charge in [0.1, 0.15) is 0 Å². The predicted molar refractivity (Wildman–Crippen MR) is 64.5 cm³/mol. The van der Waals surface area contributed by atoms with E-state index in [9.17, 15) is 4.79 Å². The summed E-state index contributed by atoms with van der Waals surface area (Å²) in [5, 5.41) is 3.29. The average molecular weight is 237 g/mol. The Bertz CT molecular complexity index is 309. The van der Waals surface area contributed by atoms with Crippen LogP contribution in [0.15, 0.2) is 0 Å². The summed E-state index contributed by atoms with van der Waals surface area (Å²) in [6.07, 6.45) is 0. The number of amides is 1. The maximum absolute atomic E-state index is 11.7. The zero-order valence-corrected chi connectivity index (χ0v) is 10.1. The first-order valence-electron chi connectivity index (χ1n) is 6.15. The third kappa shape index (κ3) is 4.00. The number of rotatable bonds is 1. The van der Waals surface area contributed by atoms with Gasteiger partial charge in [-0.1, -0.05) is 5.92 Å². The molecule has 0 aromatic carbocycles. The summed E-state index contributed by atoms with van der Waals surface area (Å²) in [6.45, 7) is 7.34. The van der Waals surface area contributed by atoms with Gasteiger partial charge in [0.15, 0.2) is 0 Å². The van der Waals surface area contributed by atoms with Crippen LogP contribution in [0.1, 0.15) is 0 Å². The Kier molecular flexibility index (Phi) is 4.80. The normalized spacial score (nSPS) is 21.8. The predicted octanol–water partition coefficient (Wildman–Crippen LogP) is -1.25. The summed E-state index contributed by atoms with van der Waals surface area (Å²) < 4.78 is 5.19. The Hall–Kier alpha value is -1.09. The van der Waals surface area contributed by atoms with Crippen LogP contribution < -0.4 is 5.32 Å². The van der Waals surface area contributed by atoms with Crippen LogP contribution >= 0.6 is 0 Å². The van der Waals surface area contributed by atoms with Crippen LogP contribution in [0, 0.1) is 11.8 Å². The first kappa shape index (κ1) is 12.4. The van der Waals surface area contributed by atoms with E-state index in [4.69, 9.17) is 4.74 Å². The zero-order valence-electron chi connectivity index (χ0n) is 10.1. The fourth-order valence-corrected chi connectivity index (χ4v) is 1.94. The molecule has 5 heteroatoms. The van der Waals surface area contributed by atoms with E-state index in [1.165, 1.54) is 0 Å². The molecule has 17 heavy (non-hydrogen) atoms. The van der Waals surface area contributed by atoms with Crippen molar-refractivity contribution >= 4 is 5.91 Å². The minimum absolute atomic E-state index is 0.0663. The largest absolute Gasteiger partial charge is 0.378 e. The van der Waals surface area contributed by atoms with Crippen molar-refractivity contribution < 1.29 is 9.53 Å². The van der Waals surface area contributed by atoms with Crippen molar-refractivity contribution in [3.63, 3.8) is 0 Å². The van der Waals surface area contributed by atoms with Crippen molar-refractivity contribution in [1.82, 2.24) is 15.1 Å². The van der Waals surface area contributed by atoms with E-state index in [0.29, 0.717) is 32.8 Å². The van der Waals surface area contributed by atoms with Gasteiger partial charge in [0.25, 0.3) is 5.91 Å². The molecule has 2 aliphatic rings. The van der Waals surface area contributed by atoms with Gasteiger partial charge < -0.3 is 15.0 Å². The van der Waals surface area contributed by atoms with Crippen LogP contribution in [0.3, 0.4) is 0 Å². The maximum Gasteiger partial charge on any atom is 0.298 e. The molecule has 2 rings (SSSR count). The molecule has 0 saturated carbocycles. The quantitative estimate of drug-likeness (QED) is 0.579. The van der Waals surface area contributed by atoms with Gasteiger partial charge in [0.05, 0.1) is 19.8 Å². The summed E-state index contributed by atoms with van der Waals surface area (Å²) in [7, 11) is 0. The second-order valence-corrected chi connectivity index (χ2v) is 4.23. The molecule has 94 valence electrons. The number of nitrogens with zero attached hydrogens (tertiary/aromatic N) is 2. The molecule has 2 fully saturated rings. The standard InChI is InChI=1S/C12H19N3O2/c16-12(15-8-10-17-11-9-15)2-1-5-14-6-3-13-4-7-14/h13H,3-11H2. The number of carbonyl (C=O) groups excluding carboxylic acids is 1. The molecule has 0 aromatic rings. The Morgan fingerprint density at radius 3 is 2.59 bits per heavy atom. The average Bonchev–Trinajstić information content (AvgIpc) is 2.41. The van der Waals surface area contributed by atoms with Crippen LogP contribution in [0.4, 0.5) is 0 Å². The van der Waals surface area contributed by atoms with E-state index in [-0.39, 0.29) is 5.91 Å². The summed E-state index contributed by atoms with van der Waals surface area (Å²) in [4.78, 5) is 15.7. The van der Waals surface area contributed by atoms with Crippen molar-refractivity contribution in [3.8, 4) is 11.8 Å². The number of carbonyl (C=O) groups is 1. The third-order valence-electron chi connectivity index (χ3n) is 3.01. The minimum Gasteiger partial charge on any atom is -0.378 e. The van der Waals surface area contributed by atoms with Crippen molar-refractivity contribution in [2.24, 2.45) is 0 Å². The first-order valence-corrected chi connectivity index (χ1v) is 6.15. The highest BCUT2D eigenvalue weighted by molar-refractivity contribution is 5.93. The number of hydrogen-bond donors (Lipinski definition) is 1. The van der Waals surface area contributed by atoms with E-state index in [2.05, 4.69) is 22.1 Å². The monoisotopic (exact) mass is 237 g/mol. The lowest BCUT2D eigenvalue weighted by Gasteiger charge is -2.25. The molecule has 1 amide bonds. The van der Waals surface area contributed by atoms with Gasteiger partial charge in [0, 0.05) is 39.3 Å². The smallest absolute Gasteiger partial charge is 0.298 e. The molecule has 2 aliphatic heterocycles. The maximum atomic E-state index is 11.7. The van der Waals surface area contributed by atoms with Gasteiger partial charge in [0.2, 0.25) is 0 Å². The molecule has 1 N–H and O–H groups in total. The van der Waals surface area contributed by atoms with Gasteiger partial charge in [-0.3, -0.25) is 9.69 Å². The molecular formula is C12H19N3O2. The molecule has 0 unspecified atom stereocenters. The van der Waals surface area contributed by atoms with Gasteiger partial charge >= 0.3 is 0 Å². The van der Waals surface area contributed by atoms with Crippen LogP contribution in [0.25, 0.3) is 0 Å². The number of morpholine rings is 1. The molecule has 5 nitrogen and oxygen atoms in total. The minimum atomic E-state index is -0.0663. The second-order valence-electron chi connectivity index (χ2n) is 4.23. The van der Waals surface area contributed by atoms with Crippen LogP contribution in [-0.2, 0) is 9.53 Å². The lowest BCUT2D eigenvalue weighted by atomic mass is 10.3. The highest BCUT2D eigenvalue weighted by atomic mass is 16.5. The summed E-state index contributed by atoms with van der Waals surface area (Å²) in [5.41, 5.74) is 0. The molecule has 2 heterocycles. The molecule has 0 aromatic heterocycles.